The molecule has 0 spiro atoms. The van der Waals surface area contributed by atoms with Crippen LogP contribution in [0.2, 0.25) is 0 Å². The van der Waals surface area contributed by atoms with Crippen LogP contribution in [0.4, 0.5) is 0 Å². The molecule has 0 rings (SSSR count). The van der Waals surface area contributed by atoms with E-state index >= 15 is 0 Å². The van der Waals surface area contributed by atoms with Gasteiger partial charge in [-0.3, -0.25) is 4.79 Å². The molecule has 0 aromatic heterocycles. The summed E-state index contributed by atoms with van der Waals surface area (Å²) in [6.45, 7) is 1.31. The number of carbonyl (C=O) groups excluding carboxylic acids is 1. The molecule has 3 nitrogen and oxygen atoms in total. The van der Waals surface area contributed by atoms with E-state index in [4.69, 9.17) is 0 Å². The number of rotatable bonds is 2. The molecule has 0 aliphatic rings. The van der Waals surface area contributed by atoms with Crippen molar-refractivity contribution in [2.75, 3.05) is 20.7 Å². The number of hydrogen-bond donors (Lipinski definition) is 0. The second kappa shape index (κ2) is 3.45. The van der Waals surface area contributed by atoms with Crippen LogP contribution in [0.3, 0.4) is 0 Å². The van der Waals surface area contributed by atoms with Crippen LogP contribution in [0, 0.1) is 5.92 Å². The van der Waals surface area contributed by atoms with E-state index in [0.29, 0.717) is 0 Å². The zero-order valence-corrected chi connectivity index (χ0v) is 6.05. The molecule has 0 saturated heterocycles. The summed E-state index contributed by atoms with van der Waals surface area (Å²) in [5, 5.41) is 10.1. The van der Waals surface area contributed by atoms with Gasteiger partial charge in [-0.05, 0) is 0 Å². The Hall–Kier alpha value is -0.570. The standard InChI is InChI=1S/C6H12NO2/c1-5(4-8)6(9)7(2)3/h5H,4H2,1-3H3. The summed E-state index contributed by atoms with van der Waals surface area (Å²) < 4.78 is 0. The van der Waals surface area contributed by atoms with Crippen LogP contribution < -0.4 is 0 Å². The second-order valence-corrected chi connectivity index (χ2v) is 2.30. The van der Waals surface area contributed by atoms with Gasteiger partial charge in [-0.15, -0.1) is 0 Å². The van der Waals surface area contributed by atoms with E-state index in [9.17, 15) is 9.90 Å². The maximum atomic E-state index is 10.8. The monoisotopic (exact) mass is 130 g/mol. The third kappa shape index (κ3) is 2.46. The lowest BCUT2D eigenvalue weighted by Crippen LogP contribution is -2.29. The highest BCUT2D eigenvalue weighted by Crippen LogP contribution is 1.96. The highest BCUT2D eigenvalue weighted by molar-refractivity contribution is 5.77. The van der Waals surface area contributed by atoms with Crippen molar-refractivity contribution < 1.29 is 9.90 Å². The van der Waals surface area contributed by atoms with E-state index in [1.807, 2.05) is 0 Å². The normalized spacial score (nSPS) is 12.9. The summed E-state index contributed by atoms with van der Waals surface area (Å²) in [7, 11) is 3.29. The first-order chi connectivity index (χ1) is 4.09. The number of carbonyl (C=O) groups is 1. The molecular weight excluding hydrogens is 118 g/mol. The maximum Gasteiger partial charge on any atom is 0.227 e. The largest absolute Gasteiger partial charge is 0.349 e. The molecule has 0 bridgehead atoms. The SMILES string of the molecule is CC(C[O])C(=O)N(C)C. The zero-order valence-electron chi connectivity index (χ0n) is 6.05. The van der Waals surface area contributed by atoms with Gasteiger partial charge in [0.15, 0.2) is 0 Å². The highest BCUT2D eigenvalue weighted by Gasteiger charge is 2.12. The van der Waals surface area contributed by atoms with Gasteiger partial charge in [0.1, 0.15) is 0 Å². The lowest BCUT2D eigenvalue weighted by Gasteiger charge is -2.13. The molecule has 1 amide bonds. The Morgan fingerprint density at radius 1 is 1.56 bits per heavy atom. The van der Waals surface area contributed by atoms with E-state index in [-0.39, 0.29) is 18.4 Å². The Kier molecular flexibility index (Phi) is 3.24. The van der Waals surface area contributed by atoms with Crippen LogP contribution in [-0.4, -0.2) is 31.5 Å². The van der Waals surface area contributed by atoms with Gasteiger partial charge in [0.05, 0.1) is 12.5 Å². The number of hydrogen-bond acceptors (Lipinski definition) is 1. The topological polar surface area (TPSA) is 40.2 Å². The molecule has 0 heterocycles. The molecule has 0 saturated carbocycles. The minimum absolute atomic E-state index is 0.0926. The summed E-state index contributed by atoms with van der Waals surface area (Å²) in [5.41, 5.74) is 0. The van der Waals surface area contributed by atoms with Crippen LogP contribution in [-0.2, 0) is 9.90 Å². The smallest absolute Gasteiger partial charge is 0.227 e. The highest BCUT2D eigenvalue weighted by atomic mass is 16.3. The molecule has 0 N–H and O–H groups in total. The Bertz CT molecular complexity index is 101. The maximum absolute atomic E-state index is 10.8. The van der Waals surface area contributed by atoms with Gasteiger partial charge in [0.25, 0.3) is 0 Å². The molecule has 1 radical (unpaired) electrons. The predicted octanol–water partition coefficient (Wildman–Crippen LogP) is 0.141. The molecule has 0 aromatic carbocycles. The van der Waals surface area contributed by atoms with Crippen molar-refractivity contribution >= 4 is 5.91 Å². The Labute approximate surface area is 55.3 Å². The molecule has 53 valence electrons. The van der Waals surface area contributed by atoms with E-state index in [1.54, 1.807) is 21.0 Å². The van der Waals surface area contributed by atoms with Crippen molar-refractivity contribution in [2.24, 2.45) is 5.92 Å². The molecule has 0 aliphatic carbocycles. The van der Waals surface area contributed by atoms with Crippen LogP contribution in [0.5, 0.6) is 0 Å². The summed E-state index contributed by atoms with van der Waals surface area (Å²) in [6.07, 6.45) is 0. The first-order valence-corrected chi connectivity index (χ1v) is 2.89. The van der Waals surface area contributed by atoms with E-state index in [2.05, 4.69) is 0 Å². The Morgan fingerprint density at radius 2 is 2.00 bits per heavy atom. The number of amides is 1. The van der Waals surface area contributed by atoms with Gasteiger partial charge >= 0.3 is 0 Å². The lowest BCUT2D eigenvalue weighted by molar-refractivity contribution is -0.134. The fourth-order valence-corrected chi connectivity index (χ4v) is 0.512. The fourth-order valence-electron chi connectivity index (χ4n) is 0.512. The minimum atomic E-state index is -0.375. The first kappa shape index (κ1) is 8.43. The van der Waals surface area contributed by atoms with E-state index < -0.39 is 0 Å². The molecular formula is C6H12NO2. The first-order valence-electron chi connectivity index (χ1n) is 2.89. The quantitative estimate of drug-likeness (QED) is 0.524. The number of nitrogens with zero attached hydrogens (tertiary/aromatic N) is 1. The van der Waals surface area contributed by atoms with Crippen molar-refractivity contribution in [3.63, 3.8) is 0 Å². The van der Waals surface area contributed by atoms with Crippen molar-refractivity contribution in [1.29, 1.82) is 0 Å². The van der Waals surface area contributed by atoms with Gasteiger partial charge in [0.2, 0.25) is 5.91 Å². The van der Waals surface area contributed by atoms with Crippen molar-refractivity contribution in [2.45, 2.75) is 6.92 Å². The van der Waals surface area contributed by atoms with Gasteiger partial charge in [0, 0.05) is 14.1 Å². The molecule has 0 aromatic rings. The van der Waals surface area contributed by atoms with Crippen molar-refractivity contribution in [3.05, 3.63) is 0 Å². The van der Waals surface area contributed by atoms with Gasteiger partial charge in [-0.1, -0.05) is 6.92 Å². The summed E-state index contributed by atoms with van der Waals surface area (Å²) >= 11 is 0. The fraction of sp³-hybridized carbons (Fsp3) is 0.833. The van der Waals surface area contributed by atoms with Gasteiger partial charge in [-0.25, -0.2) is 5.11 Å². The average Bonchev–Trinajstić information content (AvgIpc) is 1.84. The van der Waals surface area contributed by atoms with Crippen LogP contribution in [0.1, 0.15) is 6.92 Å². The Balaban J connectivity index is 3.73. The predicted molar refractivity (Wildman–Crippen MR) is 33.4 cm³/mol. The van der Waals surface area contributed by atoms with Crippen molar-refractivity contribution in [1.82, 2.24) is 4.90 Å². The van der Waals surface area contributed by atoms with Gasteiger partial charge in [-0.2, -0.15) is 0 Å². The molecule has 3 heteroatoms. The molecule has 1 unspecified atom stereocenters. The third-order valence-corrected chi connectivity index (χ3v) is 1.11. The van der Waals surface area contributed by atoms with Crippen molar-refractivity contribution in [3.8, 4) is 0 Å². The zero-order chi connectivity index (χ0) is 7.44. The van der Waals surface area contributed by atoms with E-state index in [0.717, 1.165) is 0 Å². The Morgan fingerprint density at radius 3 is 2.11 bits per heavy atom. The van der Waals surface area contributed by atoms with Gasteiger partial charge < -0.3 is 4.90 Å². The van der Waals surface area contributed by atoms with E-state index in [1.165, 1.54) is 4.90 Å². The van der Waals surface area contributed by atoms with Crippen LogP contribution in [0.15, 0.2) is 0 Å². The molecule has 0 aliphatic heterocycles. The molecule has 1 atom stereocenters. The van der Waals surface area contributed by atoms with Crippen LogP contribution in [0.25, 0.3) is 0 Å². The minimum Gasteiger partial charge on any atom is -0.349 e. The lowest BCUT2D eigenvalue weighted by atomic mass is 10.2. The third-order valence-electron chi connectivity index (χ3n) is 1.11. The second-order valence-electron chi connectivity index (χ2n) is 2.30. The molecule has 0 fully saturated rings. The summed E-state index contributed by atoms with van der Waals surface area (Å²) in [4.78, 5) is 12.2. The summed E-state index contributed by atoms with van der Waals surface area (Å²) in [5.74, 6) is -0.468. The average molecular weight is 130 g/mol. The molecule has 9 heavy (non-hydrogen) atoms. The summed E-state index contributed by atoms with van der Waals surface area (Å²) in [6, 6.07) is 0. The van der Waals surface area contributed by atoms with Crippen LogP contribution >= 0.6 is 0 Å².